The number of ether oxygens (including phenoxy) is 2. The summed E-state index contributed by atoms with van der Waals surface area (Å²) in [6, 6.07) is 12.5. The normalized spacial score (nSPS) is 18.2. The number of aliphatic hydroxyl groups excluding tert-OH is 1. The lowest BCUT2D eigenvalue weighted by atomic mass is 9.89. The quantitative estimate of drug-likeness (QED) is 0.345. The standard InChI is InChI=1S/C30H34N2O5/c1-4-35-30(34)28-19(3)37-27-11-9-21(15-24(27)28)36-17-20(33)16-31-12-13-32-25-10-8-18(2)14-23(25)22-6-5-7-26(31)29(22)32/h8-11,14-15,20,26,33H,4-7,12-13,16-17H2,1-3H3. The minimum Gasteiger partial charge on any atom is -0.491 e. The van der Waals surface area contributed by atoms with E-state index in [9.17, 15) is 9.90 Å². The van der Waals surface area contributed by atoms with E-state index in [1.165, 1.54) is 34.1 Å². The number of nitrogens with zero attached hydrogens (tertiary/aromatic N) is 2. The summed E-state index contributed by atoms with van der Waals surface area (Å²) in [6.45, 7) is 8.58. The van der Waals surface area contributed by atoms with Gasteiger partial charge in [0.2, 0.25) is 0 Å². The van der Waals surface area contributed by atoms with Gasteiger partial charge >= 0.3 is 5.97 Å². The Kier molecular flexibility index (Phi) is 6.21. The number of hydrogen-bond donors (Lipinski definition) is 1. The van der Waals surface area contributed by atoms with Gasteiger partial charge in [0.25, 0.3) is 0 Å². The first-order chi connectivity index (χ1) is 17.9. The average Bonchev–Trinajstić information content (AvgIpc) is 3.38. The van der Waals surface area contributed by atoms with Crippen LogP contribution >= 0.6 is 0 Å². The van der Waals surface area contributed by atoms with Crippen LogP contribution in [0.3, 0.4) is 0 Å². The summed E-state index contributed by atoms with van der Waals surface area (Å²) in [7, 11) is 0. The number of β-amino-alcohol motifs (C(OH)–C–C–N with tert-alkyl or cyclic N) is 1. The van der Waals surface area contributed by atoms with Crippen LogP contribution in [0.2, 0.25) is 0 Å². The third kappa shape index (κ3) is 4.20. The van der Waals surface area contributed by atoms with Crippen LogP contribution in [0.4, 0.5) is 0 Å². The van der Waals surface area contributed by atoms with Crippen LogP contribution in [-0.4, -0.2) is 53.0 Å². The summed E-state index contributed by atoms with van der Waals surface area (Å²) in [4.78, 5) is 14.8. The molecule has 0 saturated heterocycles. The Hall–Kier alpha value is -3.29. The molecule has 194 valence electrons. The fourth-order valence-electron chi connectivity index (χ4n) is 6.27. The van der Waals surface area contributed by atoms with Gasteiger partial charge in [0.15, 0.2) is 0 Å². The smallest absolute Gasteiger partial charge is 0.342 e. The predicted molar refractivity (Wildman–Crippen MR) is 142 cm³/mol. The molecule has 0 spiro atoms. The Morgan fingerprint density at radius 2 is 2.03 bits per heavy atom. The Morgan fingerprint density at radius 3 is 2.86 bits per heavy atom. The number of carbonyl (C=O) groups excluding carboxylic acids is 1. The van der Waals surface area contributed by atoms with Crippen molar-refractivity contribution in [2.24, 2.45) is 0 Å². The van der Waals surface area contributed by atoms with E-state index < -0.39 is 12.1 Å². The lowest BCUT2D eigenvalue weighted by Crippen LogP contribution is -2.44. The second kappa shape index (κ2) is 9.54. The summed E-state index contributed by atoms with van der Waals surface area (Å²) in [5, 5.41) is 13.0. The Balaban J connectivity index is 1.17. The van der Waals surface area contributed by atoms with Crippen molar-refractivity contribution >= 4 is 27.8 Å². The number of benzene rings is 2. The molecule has 0 saturated carbocycles. The predicted octanol–water partition coefficient (Wildman–Crippen LogP) is 5.31. The molecule has 0 amide bonds. The van der Waals surface area contributed by atoms with Gasteiger partial charge in [0, 0.05) is 41.6 Å². The molecule has 3 heterocycles. The molecule has 7 nitrogen and oxygen atoms in total. The van der Waals surface area contributed by atoms with Crippen molar-refractivity contribution in [3.8, 4) is 5.75 Å². The minimum atomic E-state index is -0.630. The Morgan fingerprint density at radius 1 is 1.16 bits per heavy atom. The van der Waals surface area contributed by atoms with Crippen LogP contribution in [0.25, 0.3) is 21.9 Å². The van der Waals surface area contributed by atoms with E-state index in [1.807, 2.05) is 6.07 Å². The fourth-order valence-corrected chi connectivity index (χ4v) is 6.27. The first-order valence-electron chi connectivity index (χ1n) is 13.3. The van der Waals surface area contributed by atoms with Gasteiger partial charge in [0.1, 0.15) is 35.4 Å². The second-order valence-electron chi connectivity index (χ2n) is 10.3. The van der Waals surface area contributed by atoms with E-state index in [4.69, 9.17) is 13.9 Å². The molecule has 1 N–H and O–H groups in total. The Bertz CT molecular complexity index is 1480. The zero-order chi connectivity index (χ0) is 25.7. The van der Waals surface area contributed by atoms with Gasteiger partial charge in [-0.3, -0.25) is 4.90 Å². The van der Waals surface area contributed by atoms with Gasteiger partial charge in [-0.05, 0) is 75.9 Å². The van der Waals surface area contributed by atoms with Crippen LogP contribution < -0.4 is 4.74 Å². The molecule has 2 aliphatic rings. The van der Waals surface area contributed by atoms with Gasteiger partial charge in [-0.2, -0.15) is 0 Å². The molecule has 1 aliphatic heterocycles. The number of rotatable bonds is 7. The molecule has 0 bridgehead atoms. The van der Waals surface area contributed by atoms with Crippen molar-refractivity contribution in [3.63, 3.8) is 0 Å². The zero-order valence-corrected chi connectivity index (χ0v) is 21.8. The average molecular weight is 503 g/mol. The zero-order valence-electron chi connectivity index (χ0n) is 21.8. The third-order valence-corrected chi connectivity index (χ3v) is 7.84. The van der Waals surface area contributed by atoms with E-state index in [-0.39, 0.29) is 6.61 Å². The fraction of sp³-hybridized carbons (Fsp3) is 0.433. The number of carbonyl (C=O) groups is 1. The van der Waals surface area contributed by atoms with E-state index >= 15 is 0 Å². The molecule has 0 fully saturated rings. The van der Waals surface area contributed by atoms with Crippen molar-refractivity contribution < 1.29 is 23.8 Å². The molecule has 6 rings (SSSR count). The third-order valence-electron chi connectivity index (χ3n) is 7.84. The van der Waals surface area contributed by atoms with Crippen molar-refractivity contribution in [1.82, 2.24) is 9.47 Å². The molecule has 0 radical (unpaired) electrons. The maximum atomic E-state index is 12.4. The van der Waals surface area contributed by atoms with Crippen LogP contribution in [0.15, 0.2) is 40.8 Å². The molecule has 37 heavy (non-hydrogen) atoms. The minimum absolute atomic E-state index is 0.176. The maximum Gasteiger partial charge on any atom is 0.342 e. The topological polar surface area (TPSA) is 77.1 Å². The van der Waals surface area contributed by atoms with Crippen molar-refractivity contribution in [3.05, 3.63) is 64.5 Å². The van der Waals surface area contributed by atoms with Crippen molar-refractivity contribution in [2.75, 3.05) is 26.3 Å². The number of aryl methyl sites for hydroxylation is 3. The first-order valence-corrected chi connectivity index (χ1v) is 13.3. The molecule has 2 aromatic heterocycles. The van der Waals surface area contributed by atoms with E-state index in [0.29, 0.717) is 47.2 Å². The van der Waals surface area contributed by atoms with Gasteiger partial charge in [-0.15, -0.1) is 0 Å². The van der Waals surface area contributed by atoms with E-state index in [2.05, 4.69) is 34.6 Å². The lowest BCUT2D eigenvalue weighted by molar-refractivity contribution is 0.0375. The van der Waals surface area contributed by atoms with Crippen LogP contribution in [0.5, 0.6) is 5.75 Å². The number of furan rings is 1. The molecule has 4 aromatic rings. The summed E-state index contributed by atoms with van der Waals surface area (Å²) in [5.74, 6) is 0.711. The highest BCUT2D eigenvalue weighted by molar-refractivity contribution is 6.04. The summed E-state index contributed by atoms with van der Waals surface area (Å²) in [5.41, 5.74) is 6.62. The van der Waals surface area contributed by atoms with Crippen molar-refractivity contribution in [2.45, 2.75) is 58.7 Å². The van der Waals surface area contributed by atoms with Gasteiger partial charge in [-0.25, -0.2) is 4.79 Å². The second-order valence-corrected chi connectivity index (χ2v) is 10.3. The number of fused-ring (bicyclic) bond motifs is 4. The number of esters is 1. The number of hydrogen-bond acceptors (Lipinski definition) is 6. The highest BCUT2D eigenvalue weighted by Crippen LogP contribution is 2.42. The molecule has 2 aromatic carbocycles. The molecule has 7 heteroatoms. The first kappa shape index (κ1) is 24.1. The van der Waals surface area contributed by atoms with Gasteiger partial charge in [0.05, 0.1) is 12.6 Å². The Labute approximate surface area is 216 Å². The van der Waals surface area contributed by atoms with Gasteiger partial charge in [-0.1, -0.05) is 11.6 Å². The van der Waals surface area contributed by atoms with Crippen LogP contribution in [0.1, 0.15) is 58.7 Å². The number of aromatic nitrogens is 1. The SMILES string of the molecule is CCOC(=O)c1c(C)oc2ccc(OCC(O)CN3CCn4c5c(c6cc(C)ccc64)CCCC53)cc12. The van der Waals surface area contributed by atoms with Crippen LogP contribution in [0, 0.1) is 13.8 Å². The molecule has 2 unspecified atom stereocenters. The van der Waals surface area contributed by atoms with Gasteiger partial charge < -0.3 is 23.6 Å². The molecular weight excluding hydrogens is 468 g/mol. The number of aliphatic hydroxyl groups is 1. The molecular formula is C30H34N2O5. The monoisotopic (exact) mass is 502 g/mol. The molecule has 1 aliphatic carbocycles. The van der Waals surface area contributed by atoms with Crippen molar-refractivity contribution in [1.29, 1.82) is 0 Å². The highest BCUT2D eigenvalue weighted by Gasteiger charge is 2.35. The summed E-state index contributed by atoms with van der Waals surface area (Å²) in [6.07, 6.45) is 2.78. The summed E-state index contributed by atoms with van der Waals surface area (Å²) >= 11 is 0. The largest absolute Gasteiger partial charge is 0.491 e. The maximum absolute atomic E-state index is 12.4. The van der Waals surface area contributed by atoms with Crippen LogP contribution in [-0.2, 0) is 17.7 Å². The lowest BCUT2D eigenvalue weighted by Gasteiger charge is -2.40. The van der Waals surface area contributed by atoms with E-state index in [1.54, 1.807) is 26.0 Å². The summed E-state index contributed by atoms with van der Waals surface area (Å²) < 4.78 is 19.4. The highest BCUT2D eigenvalue weighted by atomic mass is 16.5. The van der Waals surface area contributed by atoms with E-state index in [0.717, 1.165) is 25.9 Å². The molecule has 2 atom stereocenters.